The van der Waals surface area contributed by atoms with Crippen LogP contribution in [-0.4, -0.2) is 54.9 Å². The Balaban J connectivity index is 2.25. The third-order valence-corrected chi connectivity index (χ3v) is 3.29. The zero-order valence-corrected chi connectivity index (χ0v) is 13.7. The maximum Gasteiger partial charge on any atom is 0.460 e. The summed E-state index contributed by atoms with van der Waals surface area (Å²) in [4.78, 5) is 11.2. The summed E-state index contributed by atoms with van der Waals surface area (Å²) in [5, 5.41) is 17.0. The molecule has 0 saturated carbocycles. The van der Waals surface area contributed by atoms with Gasteiger partial charge in [-0.3, -0.25) is 4.79 Å². The van der Waals surface area contributed by atoms with Crippen molar-refractivity contribution < 1.29 is 40.2 Å². The van der Waals surface area contributed by atoms with Crippen molar-refractivity contribution in [2.75, 3.05) is 5.73 Å². The minimum Gasteiger partial charge on any atom is -0.378 e. The van der Waals surface area contributed by atoms with Gasteiger partial charge >= 0.3 is 23.9 Å². The first kappa shape index (κ1) is 21.0. The molecule has 0 fully saturated rings. The van der Waals surface area contributed by atoms with Gasteiger partial charge in [0.05, 0.1) is 11.4 Å². The lowest BCUT2D eigenvalue weighted by Crippen LogP contribution is -2.58. The van der Waals surface area contributed by atoms with E-state index in [-0.39, 0.29) is 28.7 Å². The Hall–Kier alpha value is -3.27. The fourth-order valence-electron chi connectivity index (χ4n) is 1.78. The highest BCUT2D eigenvalue weighted by atomic mass is 19.4. The van der Waals surface area contributed by atoms with Crippen molar-refractivity contribution in [3.8, 4) is 5.82 Å². The van der Waals surface area contributed by atoms with Gasteiger partial charge in [-0.2, -0.15) is 40.5 Å². The number of hydrogen-bond donors (Lipinski definition) is 2. The Morgan fingerprint density at radius 1 is 1.18 bits per heavy atom. The number of carbonyl (C=O) groups is 1. The number of anilines is 1. The van der Waals surface area contributed by atoms with Crippen molar-refractivity contribution in [3.63, 3.8) is 0 Å². The molecule has 0 aliphatic heterocycles. The Labute approximate surface area is 149 Å². The number of hydrogen-bond acceptors (Lipinski definition) is 8. The molecule has 0 atom stereocenters. The van der Waals surface area contributed by atoms with Crippen molar-refractivity contribution in [1.29, 1.82) is 0 Å². The van der Waals surface area contributed by atoms with Gasteiger partial charge < -0.3 is 5.73 Å². The number of nitrogens with one attached hydrogen (secondary N) is 1. The van der Waals surface area contributed by atoms with Gasteiger partial charge in [0.1, 0.15) is 5.69 Å². The molecule has 0 aliphatic rings. The minimum atomic E-state index is -6.66. The van der Waals surface area contributed by atoms with Gasteiger partial charge in [0, 0.05) is 0 Å². The first-order chi connectivity index (χ1) is 12.7. The Morgan fingerprint density at radius 2 is 1.79 bits per heavy atom. The maximum absolute atomic E-state index is 13.2. The molecular formula is C11H9F7N8O2. The Morgan fingerprint density at radius 3 is 2.29 bits per heavy atom. The SMILES string of the molecule is C/C(=N/NC(=O)C(F)(F)C(F)(F)C(F)(F)F)c1nnn(-c2nonc2N)c1C. The van der Waals surface area contributed by atoms with Crippen LogP contribution in [0.3, 0.4) is 0 Å². The predicted molar refractivity (Wildman–Crippen MR) is 74.7 cm³/mol. The summed E-state index contributed by atoms with van der Waals surface area (Å²) in [6.45, 7) is 2.46. The van der Waals surface area contributed by atoms with Crippen LogP contribution < -0.4 is 11.2 Å². The number of alkyl halides is 7. The van der Waals surface area contributed by atoms with E-state index in [0.717, 1.165) is 17.0 Å². The predicted octanol–water partition coefficient (Wildman–Crippen LogP) is 1.21. The third kappa shape index (κ3) is 3.33. The fraction of sp³-hybridized carbons (Fsp3) is 0.455. The maximum atomic E-state index is 13.2. The molecule has 154 valence electrons. The Kier molecular flexibility index (Phi) is 5.04. The molecule has 0 aromatic carbocycles. The Bertz CT molecular complexity index is 916. The van der Waals surface area contributed by atoms with Crippen LogP contribution in [0.4, 0.5) is 36.6 Å². The van der Waals surface area contributed by atoms with Gasteiger partial charge in [0.2, 0.25) is 11.6 Å². The lowest BCUT2D eigenvalue weighted by atomic mass is 10.1. The van der Waals surface area contributed by atoms with Crippen LogP contribution in [0, 0.1) is 6.92 Å². The highest BCUT2D eigenvalue weighted by Crippen LogP contribution is 2.46. The lowest BCUT2D eigenvalue weighted by Gasteiger charge is -2.26. The number of carbonyl (C=O) groups excluding carboxylic acids is 1. The lowest BCUT2D eigenvalue weighted by molar-refractivity contribution is -0.344. The summed E-state index contributed by atoms with van der Waals surface area (Å²) in [6.07, 6.45) is -6.66. The van der Waals surface area contributed by atoms with E-state index in [1.165, 1.54) is 6.92 Å². The summed E-state index contributed by atoms with van der Waals surface area (Å²) in [7, 11) is 0. The van der Waals surface area contributed by atoms with Crippen LogP contribution in [0.5, 0.6) is 0 Å². The number of rotatable bonds is 5. The van der Waals surface area contributed by atoms with Crippen LogP contribution in [0.1, 0.15) is 18.3 Å². The zero-order valence-electron chi connectivity index (χ0n) is 13.7. The van der Waals surface area contributed by atoms with E-state index in [0.29, 0.717) is 0 Å². The molecule has 2 aromatic heterocycles. The molecule has 0 radical (unpaired) electrons. The van der Waals surface area contributed by atoms with Gasteiger partial charge in [-0.25, -0.2) is 10.1 Å². The monoisotopic (exact) mass is 418 g/mol. The third-order valence-electron chi connectivity index (χ3n) is 3.29. The van der Waals surface area contributed by atoms with E-state index in [4.69, 9.17) is 5.73 Å². The van der Waals surface area contributed by atoms with Gasteiger partial charge in [0.25, 0.3) is 0 Å². The zero-order chi connectivity index (χ0) is 21.5. The van der Waals surface area contributed by atoms with E-state index in [9.17, 15) is 35.5 Å². The van der Waals surface area contributed by atoms with E-state index in [1.807, 2.05) is 0 Å². The van der Waals surface area contributed by atoms with Gasteiger partial charge in [-0.15, -0.1) is 5.10 Å². The van der Waals surface area contributed by atoms with E-state index >= 15 is 0 Å². The van der Waals surface area contributed by atoms with Crippen molar-refractivity contribution in [2.24, 2.45) is 5.10 Å². The van der Waals surface area contributed by atoms with Crippen molar-refractivity contribution in [3.05, 3.63) is 11.4 Å². The van der Waals surface area contributed by atoms with Crippen LogP contribution in [0.15, 0.2) is 9.73 Å². The second-order valence-electron chi connectivity index (χ2n) is 5.19. The highest BCUT2D eigenvalue weighted by molar-refractivity contribution is 5.98. The van der Waals surface area contributed by atoms with Crippen molar-refractivity contribution in [1.82, 2.24) is 30.7 Å². The highest BCUT2D eigenvalue weighted by Gasteiger charge is 2.76. The standard InChI is InChI=1S/C11H9F7N8O2/c1-3(5-4(2)26(25-21-5)7-6(19)23-28-24-7)20-22-8(27)9(12,13)10(14,15)11(16,17)18/h1-2H3,(H2,19,23)(H,22,27)/b20-3-. The summed E-state index contributed by atoms with van der Waals surface area (Å²) < 4.78 is 93.7. The molecule has 17 heteroatoms. The first-order valence-corrected chi connectivity index (χ1v) is 6.90. The normalized spacial score (nSPS) is 13.7. The van der Waals surface area contributed by atoms with E-state index < -0.39 is 23.9 Å². The fourth-order valence-corrected chi connectivity index (χ4v) is 1.78. The second-order valence-corrected chi connectivity index (χ2v) is 5.19. The molecule has 2 aromatic rings. The summed E-state index contributed by atoms with van der Waals surface area (Å²) in [5.41, 5.74) is 6.05. The average Bonchev–Trinajstić information content (AvgIpc) is 3.16. The quantitative estimate of drug-likeness (QED) is 0.423. The first-order valence-electron chi connectivity index (χ1n) is 6.90. The topological polar surface area (TPSA) is 137 Å². The van der Waals surface area contributed by atoms with Crippen LogP contribution in [-0.2, 0) is 4.79 Å². The number of nitrogens with two attached hydrogens (primary N) is 1. The molecule has 2 rings (SSSR count). The molecule has 28 heavy (non-hydrogen) atoms. The molecule has 0 saturated heterocycles. The number of nitrogen functional groups attached to an aromatic ring is 1. The molecule has 10 nitrogen and oxygen atoms in total. The largest absolute Gasteiger partial charge is 0.460 e. The van der Waals surface area contributed by atoms with Crippen LogP contribution >= 0.6 is 0 Å². The number of halogens is 7. The van der Waals surface area contributed by atoms with Crippen LogP contribution in [0.2, 0.25) is 0 Å². The summed E-state index contributed by atoms with van der Waals surface area (Å²) >= 11 is 0. The average molecular weight is 418 g/mol. The molecule has 3 N–H and O–H groups in total. The summed E-state index contributed by atoms with van der Waals surface area (Å²) in [5.74, 6) is -16.0. The van der Waals surface area contributed by atoms with Crippen molar-refractivity contribution in [2.45, 2.75) is 31.9 Å². The van der Waals surface area contributed by atoms with Crippen LogP contribution in [0.25, 0.3) is 5.82 Å². The number of aromatic nitrogens is 5. The van der Waals surface area contributed by atoms with E-state index in [2.05, 4.69) is 30.4 Å². The second kappa shape index (κ2) is 6.71. The molecule has 0 unspecified atom stereocenters. The molecule has 0 bridgehead atoms. The number of amides is 1. The number of nitrogens with zero attached hydrogens (tertiary/aromatic N) is 6. The van der Waals surface area contributed by atoms with Gasteiger partial charge in [0.15, 0.2) is 0 Å². The van der Waals surface area contributed by atoms with Gasteiger partial charge in [-0.1, -0.05) is 5.21 Å². The number of hydrazone groups is 1. The molecule has 2 heterocycles. The molecular weight excluding hydrogens is 409 g/mol. The van der Waals surface area contributed by atoms with E-state index in [1.54, 1.807) is 0 Å². The minimum absolute atomic E-state index is 0.0931. The van der Waals surface area contributed by atoms with Gasteiger partial charge in [-0.05, 0) is 24.2 Å². The molecule has 0 aliphatic carbocycles. The summed E-state index contributed by atoms with van der Waals surface area (Å²) in [6, 6.07) is 0. The smallest absolute Gasteiger partial charge is 0.378 e. The molecule has 1 amide bonds. The molecule has 0 spiro atoms. The van der Waals surface area contributed by atoms with Crippen molar-refractivity contribution >= 4 is 17.4 Å².